The molecule has 1 aromatic rings. The first-order valence-electron chi connectivity index (χ1n) is 4.24. The standard InChI is InChI=1S/C10H12BrNO/c1-7(2)5-10(13)9-4-3-8(11)6-12-9/h3-4,6-7H,5H2,1-2H3. The maximum atomic E-state index is 11.5. The molecule has 0 aliphatic rings. The lowest BCUT2D eigenvalue weighted by Gasteiger charge is -2.02. The molecule has 0 aliphatic carbocycles. The van der Waals surface area contributed by atoms with Crippen molar-refractivity contribution in [3.63, 3.8) is 0 Å². The molecule has 1 rings (SSSR count). The number of carbonyl (C=O) groups is 1. The highest BCUT2D eigenvalue weighted by Crippen LogP contribution is 2.11. The first-order chi connectivity index (χ1) is 6.09. The summed E-state index contributed by atoms with van der Waals surface area (Å²) < 4.78 is 0.897. The summed E-state index contributed by atoms with van der Waals surface area (Å²) in [6.07, 6.45) is 2.21. The Morgan fingerprint density at radius 1 is 1.54 bits per heavy atom. The number of Topliss-reactive ketones (excluding diaryl/α,β-unsaturated/α-hetero) is 1. The second kappa shape index (κ2) is 4.51. The minimum Gasteiger partial charge on any atom is -0.292 e. The Labute approximate surface area is 86.5 Å². The third-order valence-electron chi connectivity index (χ3n) is 1.61. The monoisotopic (exact) mass is 241 g/mol. The largest absolute Gasteiger partial charge is 0.292 e. The van der Waals surface area contributed by atoms with Crippen molar-refractivity contribution in [2.75, 3.05) is 0 Å². The molecule has 0 unspecified atom stereocenters. The summed E-state index contributed by atoms with van der Waals surface area (Å²) >= 11 is 3.27. The van der Waals surface area contributed by atoms with Gasteiger partial charge in [0.1, 0.15) is 5.69 Å². The van der Waals surface area contributed by atoms with Gasteiger partial charge < -0.3 is 0 Å². The molecule has 1 aromatic heterocycles. The van der Waals surface area contributed by atoms with Crippen LogP contribution in [0.25, 0.3) is 0 Å². The summed E-state index contributed by atoms with van der Waals surface area (Å²) in [6, 6.07) is 3.58. The topological polar surface area (TPSA) is 30.0 Å². The van der Waals surface area contributed by atoms with E-state index in [9.17, 15) is 4.79 Å². The van der Waals surface area contributed by atoms with Gasteiger partial charge in [-0.15, -0.1) is 0 Å². The number of ketones is 1. The van der Waals surface area contributed by atoms with Gasteiger partial charge in [0.2, 0.25) is 0 Å². The van der Waals surface area contributed by atoms with Crippen LogP contribution in [-0.4, -0.2) is 10.8 Å². The molecular weight excluding hydrogens is 230 g/mol. The Kier molecular flexibility index (Phi) is 3.60. The summed E-state index contributed by atoms with van der Waals surface area (Å²) in [5.41, 5.74) is 0.553. The summed E-state index contributed by atoms with van der Waals surface area (Å²) in [6.45, 7) is 4.05. The van der Waals surface area contributed by atoms with Crippen molar-refractivity contribution < 1.29 is 4.79 Å². The predicted octanol–water partition coefficient (Wildman–Crippen LogP) is 3.07. The van der Waals surface area contributed by atoms with Gasteiger partial charge in [-0.3, -0.25) is 9.78 Å². The molecule has 0 radical (unpaired) electrons. The quantitative estimate of drug-likeness (QED) is 0.762. The Hall–Kier alpha value is -0.700. The molecule has 0 amide bonds. The van der Waals surface area contributed by atoms with Crippen LogP contribution in [-0.2, 0) is 0 Å². The minimum atomic E-state index is 0.113. The highest BCUT2D eigenvalue weighted by atomic mass is 79.9. The van der Waals surface area contributed by atoms with E-state index in [4.69, 9.17) is 0 Å². The van der Waals surface area contributed by atoms with E-state index in [1.165, 1.54) is 0 Å². The number of hydrogen-bond acceptors (Lipinski definition) is 2. The number of hydrogen-bond donors (Lipinski definition) is 0. The number of aromatic nitrogens is 1. The van der Waals surface area contributed by atoms with Gasteiger partial charge in [-0.25, -0.2) is 0 Å². The minimum absolute atomic E-state index is 0.113. The van der Waals surface area contributed by atoms with Gasteiger partial charge in [-0.1, -0.05) is 13.8 Å². The molecule has 0 saturated carbocycles. The Morgan fingerprint density at radius 2 is 2.23 bits per heavy atom. The normalized spacial score (nSPS) is 10.5. The lowest BCUT2D eigenvalue weighted by atomic mass is 10.1. The predicted molar refractivity (Wildman–Crippen MR) is 55.7 cm³/mol. The number of rotatable bonds is 3. The fourth-order valence-electron chi connectivity index (χ4n) is 1.02. The van der Waals surface area contributed by atoms with Gasteiger partial charge in [0, 0.05) is 17.1 Å². The van der Waals surface area contributed by atoms with Crippen LogP contribution in [0.15, 0.2) is 22.8 Å². The van der Waals surface area contributed by atoms with Crippen LogP contribution >= 0.6 is 15.9 Å². The molecule has 0 fully saturated rings. The van der Waals surface area contributed by atoms with E-state index in [-0.39, 0.29) is 5.78 Å². The van der Waals surface area contributed by atoms with E-state index < -0.39 is 0 Å². The van der Waals surface area contributed by atoms with Crippen LogP contribution in [0.4, 0.5) is 0 Å². The van der Waals surface area contributed by atoms with Crippen molar-refractivity contribution in [1.29, 1.82) is 0 Å². The lowest BCUT2D eigenvalue weighted by Crippen LogP contribution is -2.05. The maximum Gasteiger partial charge on any atom is 0.181 e. The van der Waals surface area contributed by atoms with E-state index in [0.717, 1.165) is 4.47 Å². The van der Waals surface area contributed by atoms with Crippen molar-refractivity contribution in [2.45, 2.75) is 20.3 Å². The van der Waals surface area contributed by atoms with Crippen molar-refractivity contribution in [3.8, 4) is 0 Å². The SMILES string of the molecule is CC(C)CC(=O)c1ccc(Br)cn1. The molecule has 3 heteroatoms. The molecule has 0 spiro atoms. The van der Waals surface area contributed by atoms with E-state index in [2.05, 4.69) is 20.9 Å². The van der Waals surface area contributed by atoms with Crippen LogP contribution in [0.1, 0.15) is 30.8 Å². The zero-order chi connectivity index (χ0) is 9.84. The summed E-state index contributed by atoms with van der Waals surface area (Å²) in [5, 5.41) is 0. The molecule has 2 nitrogen and oxygen atoms in total. The molecule has 13 heavy (non-hydrogen) atoms. The number of carbonyl (C=O) groups excluding carboxylic acids is 1. The van der Waals surface area contributed by atoms with Crippen LogP contribution in [0.3, 0.4) is 0 Å². The van der Waals surface area contributed by atoms with E-state index in [1.54, 1.807) is 12.3 Å². The van der Waals surface area contributed by atoms with E-state index >= 15 is 0 Å². The summed E-state index contributed by atoms with van der Waals surface area (Å²) in [4.78, 5) is 15.5. The average Bonchev–Trinajstić information content (AvgIpc) is 2.04. The van der Waals surface area contributed by atoms with Gasteiger partial charge in [0.25, 0.3) is 0 Å². The van der Waals surface area contributed by atoms with Crippen LogP contribution in [0.5, 0.6) is 0 Å². The first-order valence-corrected chi connectivity index (χ1v) is 5.03. The number of nitrogens with zero attached hydrogens (tertiary/aromatic N) is 1. The van der Waals surface area contributed by atoms with Gasteiger partial charge in [-0.2, -0.15) is 0 Å². The van der Waals surface area contributed by atoms with E-state index in [0.29, 0.717) is 18.0 Å². The molecule has 70 valence electrons. The Bertz CT molecular complexity index is 292. The average molecular weight is 242 g/mol. The smallest absolute Gasteiger partial charge is 0.181 e. The third kappa shape index (κ3) is 3.27. The Morgan fingerprint density at radius 3 is 2.69 bits per heavy atom. The number of halogens is 1. The number of pyridine rings is 1. The maximum absolute atomic E-state index is 11.5. The van der Waals surface area contributed by atoms with Crippen molar-refractivity contribution in [1.82, 2.24) is 4.98 Å². The zero-order valence-electron chi connectivity index (χ0n) is 7.75. The van der Waals surface area contributed by atoms with Gasteiger partial charge in [0.15, 0.2) is 5.78 Å². The summed E-state index contributed by atoms with van der Waals surface area (Å²) in [7, 11) is 0. The molecule has 0 N–H and O–H groups in total. The lowest BCUT2D eigenvalue weighted by molar-refractivity contribution is 0.0963. The molecule has 1 heterocycles. The molecule has 0 atom stereocenters. The van der Waals surface area contributed by atoms with Crippen molar-refractivity contribution in [2.24, 2.45) is 5.92 Å². The first kappa shape index (κ1) is 10.4. The molecule has 0 aliphatic heterocycles. The van der Waals surface area contributed by atoms with Gasteiger partial charge >= 0.3 is 0 Å². The van der Waals surface area contributed by atoms with E-state index in [1.807, 2.05) is 19.9 Å². The Balaban J connectivity index is 2.72. The second-order valence-corrected chi connectivity index (χ2v) is 4.30. The van der Waals surface area contributed by atoms with Crippen molar-refractivity contribution in [3.05, 3.63) is 28.5 Å². The summed E-state index contributed by atoms with van der Waals surface area (Å²) in [5.74, 6) is 0.500. The fraction of sp³-hybridized carbons (Fsp3) is 0.400. The highest BCUT2D eigenvalue weighted by molar-refractivity contribution is 9.10. The van der Waals surface area contributed by atoms with Crippen LogP contribution in [0.2, 0.25) is 0 Å². The fourth-order valence-corrected chi connectivity index (χ4v) is 1.25. The zero-order valence-corrected chi connectivity index (χ0v) is 9.34. The molecule has 0 bridgehead atoms. The molecule has 0 aromatic carbocycles. The van der Waals surface area contributed by atoms with Crippen molar-refractivity contribution >= 4 is 21.7 Å². The third-order valence-corrected chi connectivity index (χ3v) is 2.08. The molecule has 0 saturated heterocycles. The van der Waals surface area contributed by atoms with Crippen LogP contribution < -0.4 is 0 Å². The van der Waals surface area contributed by atoms with Gasteiger partial charge in [-0.05, 0) is 34.0 Å². The molecular formula is C10H12BrNO. The van der Waals surface area contributed by atoms with Crippen LogP contribution in [0, 0.1) is 5.92 Å². The highest BCUT2D eigenvalue weighted by Gasteiger charge is 2.08. The van der Waals surface area contributed by atoms with Gasteiger partial charge in [0.05, 0.1) is 0 Å². The second-order valence-electron chi connectivity index (χ2n) is 3.38.